The van der Waals surface area contributed by atoms with E-state index in [1.165, 1.54) is 11.1 Å². The van der Waals surface area contributed by atoms with E-state index in [0.29, 0.717) is 6.42 Å². The highest BCUT2D eigenvalue weighted by Gasteiger charge is 2.22. The molecule has 2 aromatic heterocycles. The van der Waals surface area contributed by atoms with E-state index >= 15 is 0 Å². The van der Waals surface area contributed by atoms with Crippen molar-refractivity contribution in [1.82, 2.24) is 24.4 Å². The largest absolute Gasteiger partial charge is 0.353 e. The van der Waals surface area contributed by atoms with E-state index in [4.69, 9.17) is 0 Å². The van der Waals surface area contributed by atoms with Crippen molar-refractivity contribution in [3.05, 3.63) is 66.5 Å². The lowest BCUT2D eigenvalue weighted by Gasteiger charge is -2.35. The molecule has 0 N–H and O–H groups in total. The lowest BCUT2D eigenvalue weighted by Crippen LogP contribution is -2.49. The molecule has 144 valence electrons. The topological polar surface area (TPSA) is 67.2 Å². The Morgan fingerprint density at radius 1 is 1.07 bits per heavy atom. The van der Waals surface area contributed by atoms with E-state index in [2.05, 4.69) is 45.0 Å². The van der Waals surface area contributed by atoms with Gasteiger partial charge in [0.15, 0.2) is 0 Å². The fraction of sp³-hybridized carbons (Fsp3) is 0.333. The molecule has 1 fully saturated rings. The Balaban J connectivity index is 1.32. The molecule has 1 aliphatic rings. The fourth-order valence-corrected chi connectivity index (χ4v) is 3.51. The Morgan fingerprint density at radius 2 is 1.89 bits per heavy atom. The number of anilines is 1. The maximum Gasteiger partial charge on any atom is 0.223 e. The summed E-state index contributed by atoms with van der Waals surface area (Å²) in [6, 6.07) is 10.3. The predicted molar refractivity (Wildman–Crippen MR) is 107 cm³/mol. The quantitative estimate of drug-likeness (QED) is 0.683. The number of nitrogens with zero attached hydrogens (tertiary/aromatic N) is 6. The number of carbonyl (C=O) groups excluding carboxylic acids is 1. The van der Waals surface area contributed by atoms with Gasteiger partial charge in [-0.2, -0.15) is 0 Å². The zero-order valence-corrected chi connectivity index (χ0v) is 16.0. The molecule has 28 heavy (non-hydrogen) atoms. The molecular formula is C21H24N6O. The first-order valence-corrected chi connectivity index (χ1v) is 9.58. The summed E-state index contributed by atoms with van der Waals surface area (Å²) in [6.07, 6.45) is 8.23. The minimum atomic E-state index is 0.225. The summed E-state index contributed by atoms with van der Waals surface area (Å²) in [5, 5.41) is 0. The first kappa shape index (κ1) is 18.2. The van der Waals surface area contributed by atoms with E-state index in [0.717, 1.165) is 44.2 Å². The average molecular weight is 376 g/mol. The molecule has 0 unspecified atom stereocenters. The number of aryl methyl sites for hydroxylation is 2. The molecule has 7 heteroatoms. The van der Waals surface area contributed by atoms with Gasteiger partial charge < -0.3 is 9.80 Å². The third-order valence-electron chi connectivity index (χ3n) is 5.07. The summed E-state index contributed by atoms with van der Waals surface area (Å²) in [6.45, 7) is 5.07. The van der Waals surface area contributed by atoms with Gasteiger partial charge in [0.25, 0.3) is 0 Å². The molecule has 3 aromatic rings. The van der Waals surface area contributed by atoms with E-state index in [1.807, 2.05) is 27.8 Å². The van der Waals surface area contributed by atoms with Crippen LogP contribution in [0.1, 0.15) is 17.5 Å². The first-order valence-electron chi connectivity index (χ1n) is 9.58. The van der Waals surface area contributed by atoms with E-state index < -0.39 is 0 Å². The van der Waals surface area contributed by atoms with Gasteiger partial charge in [-0.3, -0.25) is 9.36 Å². The first-order chi connectivity index (χ1) is 13.7. The average Bonchev–Trinajstić information content (AvgIpc) is 3.27. The van der Waals surface area contributed by atoms with E-state index in [9.17, 15) is 4.79 Å². The molecule has 0 atom stereocenters. The van der Waals surface area contributed by atoms with Crippen LogP contribution in [0, 0.1) is 6.92 Å². The number of hydrogen-bond donors (Lipinski definition) is 0. The summed E-state index contributed by atoms with van der Waals surface area (Å²) in [5.74, 6) is 1.90. The molecule has 0 radical (unpaired) electrons. The second-order valence-corrected chi connectivity index (χ2v) is 7.06. The predicted octanol–water partition coefficient (Wildman–Crippen LogP) is 2.25. The van der Waals surface area contributed by atoms with Crippen LogP contribution in [0.2, 0.25) is 0 Å². The maximum atomic E-state index is 12.6. The zero-order valence-electron chi connectivity index (χ0n) is 16.0. The molecule has 4 rings (SSSR count). The van der Waals surface area contributed by atoms with Crippen LogP contribution in [0.25, 0.3) is 5.82 Å². The molecule has 0 saturated carbocycles. The fourth-order valence-electron chi connectivity index (χ4n) is 3.51. The van der Waals surface area contributed by atoms with Gasteiger partial charge in [-0.05, 0) is 18.9 Å². The summed E-state index contributed by atoms with van der Waals surface area (Å²) >= 11 is 0. The maximum absolute atomic E-state index is 12.6. The molecule has 1 aliphatic heterocycles. The van der Waals surface area contributed by atoms with Crippen molar-refractivity contribution in [3.63, 3.8) is 0 Å². The number of hydrogen-bond acceptors (Lipinski definition) is 5. The van der Waals surface area contributed by atoms with Crippen LogP contribution in [0.15, 0.2) is 55.4 Å². The zero-order chi connectivity index (χ0) is 19.3. The number of amides is 1. The molecular weight excluding hydrogens is 352 g/mol. The minimum absolute atomic E-state index is 0.225. The molecule has 3 heterocycles. The van der Waals surface area contributed by atoms with Gasteiger partial charge in [-0.1, -0.05) is 29.8 Å². The van der Waals surface area contributed by atoms with Crippen LogP contribution in [-0.2, 0) is 11.2 Å². The van der Waals surface area contributed by atoms with E-state index in [-0.39, 0.29) is 5.91 Å². The van der Waals surface area contributed by atoms with Crippen LogP contribution in [0.4, 0.5) is 5.82 Å². The molecule has 0 aliphatic carbocycles. The molecule has 0 bridgehead atoms. The van der Waals surface area contributed by atoms with Gasteiger partial charge in [0.2, 0.25) is 5.91 Å². The lowest BCUT2D eigenvalue weighted by atomic mass is 10.1. The molecule has 1 saturated heterocycles. The van der Waals surface area contributed by atoms with Gasteiger partial charge in [0, 0.05) is 51.1 Å². The standard InChI is InChI=1S/C21H24N6O/c1-17-3-2-4-18(13-17)5-6-21(28)26-11-9-25(10-12-26)19-14-20(24-15-23-19)27-8-7-22-16-27/h2-4,7-8,13-16H,5-6,9-12H2,1H3. The third kappa shape index (κ3) is 4.19. The SMILES string of the molecule is Cc1cccc(CCC(=O)N2CCN(c3cc(-n4ccnc4)ncn3)CC2)c1. The van der Waals surface area contributed by atoms with Crippen molar-refractivity contribution in [3.8, 4) is 5.82 Å². The number of benzene rings is 1. The van der Waals surface area contributed by atoms with Gasteiger partial charge in [0.1, 0.15) is 24.3 Å². The van der Waals surface area contributed by atoms with Crippen LogP contribution in [0.5, 0.6) is 0 Å². The molecule has 1 amide bonds. The molecule has 0 spiro atoms. The summed E-state index contributed by atoms with van der Waals surface area (Å²) in [5.41, 5.74) is 2.46. The Labute approximate surface area is 164 Å². The van der Waals surface area contributed by atoms with Crippen LogP contribution < -0.4 is 4.90 Å². The van der Waals surface area contributed by atoms with Crippen LogP contribution in [0.3, 0.4) is 0 Å². The number of piperazine rings is 1. The monoisotopic (exact) mass is 376 g/mol. The second-order valence-electron chi connectivity index (χ2n) is 7.06. The highest BCUT2D eigenvalue weighted by Crippen LogP contribution is 2.17. The molecule has 1 aromatic carbocycles. The van der Waals surface area contributed by atoms with Gasteiger partial charge in [0.05, 0.1) is 0 Å². The van der Waals surface area contributed by atoms with Crippen LogP contribution >= 0.6 is 0 Å². The Bertz CT molecular complexity index is 932. The van der Waals surface area contributed by atoms with Crippen LogP contribution in [-0.4, -0.2) is 56.5 Å². The van der Waals surface area contributed by atoms with Crippen molar-refractivity contribution >= 4 is 11.7 Å². The Hall–Kier alpha value is -3.22. The smallest absolute Gasteiger partial charge is 0.223 e. The third-order valence-corrected chi connectivity index (χ3v) is 5.07. The van der Waals surface area contributed by atoms with Crippen molar-refractivity contribution in [2.75, 3.05) is 31.1 Å². The van der Waals surface area contributed by atoms with Crippen molar-refractivity contribution in [2.24, 2.45) is 0 Å². The normalized spacial score (nSPS) is 14.3. The Morgan fingerprint density at radius 3 is 2.64 bits per heavy atom. The second kappa shape index (κ2) is 8.21. The van der Waals surface area contributed by atoms with Gasteiger partial charge in [-0.15, -0.1) is 0 Å². The highest BCUT2D eigenvalue weighted by atomic mass is 16.2. The summed E-state index contributed by atoms with van der Waals surface area (Å²) in [4.78, 5) is 29.5. The number of rotatable bonds is 5. The van der Waals surface area contributed by atoms with Gasteiger partial charge in [-0.25, -0.2) is 15.0 Å². The Kier molecular flexibility index (Phi) is 5.32. The number of imidazole rings is 1. The van der Waals surface area contributed by atoms with E-state index in [1.54, 1.807) is 18.9 Å². The minimum Gasteiger partial charge on any atom is -0.353 e. The van der Waals surface area contributed by atoms with Crippen molar-refractivity contribution < 1.29 is 4.79 Å². The van der Waals surface area contributed by atoms with Gasteiger partial charge >= 0.3 is 0 Å². The number of aromatic nitrogens is 4. The van der Waals surface area contributed by atoms with Crippen molar-refractivity contribution in [1.29, 1.82) is 0 Å². The molecule has 7 nitrogen and oxygen atoms in total. The van der Waals surface area contributed by atoms with Crippen molar-refractivity contribution in [2.45, 2.75) is 19.8 Å². The summed E-state index contributed by atoms with van der Waals surface area (Å²) in [7, 11) is 0. The highest BCUT2D eigenvalue weighted by molar-refractivity contribution is 5.76. The number of carbonyl (C=O) groups is 1. The lowest BCUT2D eigenvalue weighted by molar-refractivity contribution is -0.131. The summed E-state index contributed by atoms with van der Waals surface area (Å²) < 4.78 is 1.86.